The Morgan fingerprint density at radius 2 is 1.96 bits per heavy atom. The molecule has 1 aliphatic heterocycles. The van der Waals surface area contributed by atoms with Crippen molar-refractivity contribution >= 4 is 23.4 Å². The number of rotatable bonds is 7. The summed E-state index contributed by atoms with van der Waals surface area (Å²) in [5, 5.41) is 17.3. The summed E-state index contributed by atoms with van der Waals surface area (Å²) in [6.45, 7) is 3.73. The highest BCUT2D eigenvalue weighted by Gasteiger charge is 2.22. The molecule has 0 spiro atoms. The molecule has 8 heteroatoms. The van der Waals surface area contributed by atoms with Gasteiger partial charge >= 0.3 is 0 Å². The largest absolute Gasteiger partial charge is 0.368 e. The van der Waals surface area contributed by atoms with Crippen molar-refractivity contribution in [3.05, 3.63) is 36.0 Å². The van der Waals surface area contributed by atoms with Crippen molar-refractivity contribution in [2.75, 3.05) is 30.3 Å². The molecule has 1 atom stereocenters. The lowest BCUT2D eigenvalue weighted by Crippen LogP contribution is -2.36. The number of nitrogens with one attached hydrogen (secondary N) is 3. The van der Waals surface area contributed by atoms with E-state index in [0.717, 1.165) is 24.2 Å². The molecule has 0 bridgehead atoms. The van der Waals surface area contributed by atoms with E-state index in [4.69, 9.17) is 4.74 Å². The molecule has 0 aliphatic carbocycles. The first-order valence-electron chi connectivity index (χ1n) is 8.37. The van der Waals surface area contributed by atoms with Crippen LogP contribution in [0.1, 0.15) is 18.4 Å². The maximum atomic E-state index is 11.8. The van der Waals surface area contributed by atoms with Gasteiger partial charge in [-0.05, 0) is 43.5 Å². The molecule has 1 unspecified atom stereocenters. The van der Waals surface area contributed by atoms with Crippen LogP contribution in [0.4, 0.5) is 17.5 Å². The minimum Gasteiger partial charge on any atom is -0.368 e. The van der Waals surface area contributed by atoms with Crippen molar-refractivity contribution in [2.24, 2.45) is 0 Å². The summed E-state index contributed by atoms with van der Waals surface area (Å²) in [4.78, 5) is 16.1. The van der Waals surface area contributed by atoms with Crippen LogP contribution < -0.4 is 16.0 Å². The Kier molecular flexibility index (Phi) is 5.73. The van der Waals surface area contributed by atoms with E-state index < -0.39 is 0 Å². The normalized spacial score (nSPS) is 16.4. The average molecular weight is 342 g/mol. The number of carbonyl (C=O) groups excluding carboxylic acids is 1. The summed E-state index contributed by atoms with van der Waals surface area (Å²) >= 11 is 0. The van der Waals surface area contributed by atoms with Crippen LogP contribution in [-0.2, 0) is 9.53 Å². The Bertz CT molecular complexity index is 683. The van der Waals surface area contributed by atoms with E-state index in [2.05, 4.69) is 31.1 Å². The molecule has 1 amide bonds. The van der Waals surface area contributed by atoms with Gasteiger partial charge in [0.15, 0.2) is 5.82 Å². The zero-order valence-electron chi connectivity index (χ0n) is 14.2. The van der Waals surface area contributed by atoms with Gasteiger partial charge in [-0.1, -0.05) is 6.07 Å². The van der Waals surface area contributed by atoms with Gasteiger partial charge in [-0.3, -0.25) is 4.79 Å². The highest BCUT2D eigenvalue weighted by Crippen LogP contribution is 2.13. The summed E-state index contributed by atoms with van der Waals surface area (Å²) in [5.41, 5.74) is 1.10. The topological polar surface area (TPSA) is 101 Å². The number of hydrogen-bond acceptors (Lipinski definition) is 7. The lowest BCUT2D eigenvalue weighted by atomic mass is 10.2. The number of ether oxygens (including phenoxy) is 1. The Morgan fingerprint density at radius 1 is 1.16 bits per heavy atom. The van der Waals surface area contributed by atoms with Crippen LogP contribution in [0.3, 0.4) is 0 Å². The van der Waals surface area contributed by atoms with Crippen molar-refractivity contribution in [2.45, 2.75) is 25.9 Å². The van der Waals surface area contributed by atoms with Gasteiger partial charge in [0.1, 0.15) is 17.7 Å². The van der Waals surface area contributed by atoms with Crippen LogP contribution in [0.15, 0.2) is 30.5 Å². The summed E-state index contributed by atoms with van der Waals surface area (Å²) < 4.78 is 5.33. The van der Waals surface area contributed by atoms with Gasteiger partial charge in [-0.15, -0.1) is 10.2 Å². The van der Waals surface area contributed by atoms with Crippen LogP contribution in [0.2, 0.25) is 0 Å². The monoisotopic (exact) mass is 342 g/mol. The first-order valence-corrected chi connectivity index (χ1v) is 8.37. The van der Waals surface area contributed by atoms with Crippen molar-refractivity contribution in [3.63, 3.8) is 0 Å². The highest BCUT2D eigenvalue weighted by atomic mass is 16.5. The van der Waals surface area contributed by atoms with Crippen LogP contribution in [0.25, 0.3) is 0 Å². The van der Waals surface area contributed by atoms with Gasteiger partial charge in [0.2, 0.25) is 5.91 Å². The SMILES string of the molecule is Cc1ccc(Nc2ccc(NCCNC(=O)C3CCCO3)nn2)nc1. The second-order valence-corrected chi connectivity index (χ2v) is 5.87. The van der Waals surface area contributed by atoms with Crippen LogP contribution in [0.5, 0.6) is 0 Å². The van der Waals surface area contributed by atoms with Crippen LogP contribution in [-0.4, -0.2) is 46.9 Å². The molecule has 25 heavy (non-hydrogen) atoms. The number of carbonyl (C=O) groups is 1. The zero-order valence-corrected chi connectivity index (χ0v) is 14.2. The lowest BCUT2D eigenvalue weighted by Gasteiger charge is -2.11. The Labute approximate surface area is 146 Å². The molecule has 3 N–H and O–H groups in total. The predicted molar refractivity (Wildman–Crippen MR) is 94.8 cm³/mol. The van der Waals surface area contributed by atoms with Crippen molar-refractivity contribution < 1.29 is 9.53 Å². The molecule has 1 saturated heterocycles. The van der Waals surface area contributed by atoms with E-state index in [1.54, 1.807) is 6.20 Å². The Morgan fingerprint density at radius 3 is 2.64 bits per heavy atom. The molecule has 1 aliphatic rings. The Balaban J connectivity index is 1.40. The van der Waals surface area contributed by atoms with Crippen molar-refractivity contribution in [3.8, 4) is 0 Å². The summed E-state index contributed by atoms with van der Waals surface area (Å²) in [6.07, 6.45) is 3.25. The van der Waals surface area contributed by atoms with E-state index in [-0.39, 0.29) is 12.0 Å². The molecule has 0 saturated carbocycles. The molecule has 0 radical (unpaired) electrons. The van der Waals surface area contributed by atoms with Gasteiger partial charge in [-0.2, -0.15) is 0 Å². The standard InChI is InChI=1S/C17H22N6O2/c1-12-4-5-14(20-11-12)21-16-7-6-15(22-23-16)18-8-9-19-17(24)13-3-2-10-25-13/h4-7,11,13H,2-3,8-10H2,1H3,(H,18,22)(H,19,24)(H,20,21,23). The molecule has 2 aromatic heterocycles. The lowest BCUT2D eigenvalue weighted by molar-refractivity contribution is -0.129. The van der Waals surface area contributed by atoms with E-state index in [1.165, 1.54) is 0 Å². The van der Waals surface area contributed by atoms with Gasteiger partial charge < -0.3 is 20.7 Å². The third-order valence-corrected chi connectivity index (χ3v) is 3.78. The third kappa shape index (κ3) is 5.12. The smallest absolute Gasteiger partial charge is 0.249 e. The summed E-state index contributed by atoms with van der Waals surface area (Å²) in [6, 6.07) is 7.51. The fourth-order valence-corrected chi connectivity index (χ4v) is 2.44. The molecular weight excluding hydrogens is 320 g/mol. The maximum absolute atomic E-state index is 11.8. The first kappa shape index (κ1) is 17.1. The van der Waals surface area contributed by atoms with E-state index in [1.807, 2.05) is 31.2 Å². The molecule has 8 nitrogen and oxygen atoms in total. The fourth-order valence-electron chi connectivity index (χ4n) is 2.44. The number of aryl methyl sites for hydroxylation is 1. The second kappa shape index (κ2) is 8.39. The molecule has 2 aromatic rings. The third-order valence-electron chi connectivity index (χ3n) is 3.78. The fraction of sp³-hybridized carbons (Fsp3) is 0.412. The first-order chi connectivity index (χ1) is 12.2. The molecule has 132 valence electrons. The minimum absolute atomic E-state index is 0.0458. The minimum atomic E-state index is -0.291. The number of nitrogens with zero attached hydrogens (tertiary/aromatic N) is 3. The molecular formula is C17H22N6O2. The summed E-state index contributed by atoms with van der Waals surface area (Å²) in [5.74, 6) is 1.94. The number of hydrogen-bond donors (Lipinski definition) is 3. The second-order valence-electron chi connectivity index (χ2n) is 5.87. The van der Waals surface area contributed by atoms with Gasteiger partial charge in [0.05, 0.1) is 0 Å². The molecule has 3 rings (SSSR count). The number of pyridine rings is 1. The van der Waals surface area contributed by atoms with Crippen molar-refractivity contribution in [1.82, 2.24) is 20.5 Å². The average Bonchev–Trinajstić information content (AvgIpc) is 3.17. The predicted octanol–water partition coefficient (Wildman–Crippen LogP) is 1.63. The number of amides is 1. The zero-order chi connectivity index (χ0) is 17.5. The highest BCUT2D eigenvalue weighted by molar-refractivity contribution is 5.80. The van der Waals surface area contributed by atoms with Crippen molar-refractivity contribution in [1.29, 1.82) is 0 Å². The van der Waals surface area contributed by atoms with Gasteiger partial charge in [0, 0.05) is 25.9 Å². The summed E-state index contributed by atoms with van der Waals surface area (Å²) in [7, 11) is 0. The Hall–Kier alpha value is -2.74. The van der Waals surface area contributed by atoms with Crippen LogP contribution in [0, 0.1) is 6.92 Å². The van der Waals surface area contributed by atoms with Gasteiger partial charge in [-0.25, -0.2) is 4.98 Å². The van der Waals surface area contributed by atoms with Gasteiger partial charge in [0.25, 0.3) is 0 Å². The van der Waals surface area contributed by atoms with E-state index in [0.29, 0.717) is 31.3 Å². The van der Waals surface area contributed by atoms with E-state index in [9.17, 15) is 4.79 Å². The number of anilines is 3. The van der Waals surface area contributed by atoms with Crippen LogP contribution >= 0.6 is 0 Å². The number of aromatic nitrogens is 3. The molecule has 3 heterocycles. The maximum Gasteiger partial charge on any atom is 0.249 e. The molecule has 1 fully saturated rings. The quantitative estimate of drug-likeness (QED) is 0.657. The van der Waals surface area contributed by atoms with E-state index >= 15 is 0 Å². The molecule has 0 aromatic carbocycles.